The molecule has 6 heteroatoms. The van der Waals surface area contributed by atoms with Crippen LogP contribution in [0.2, 0.25) is 0 Å². The summed E-state index contributed by atoms with van der Waals surface area (Å²) in [6.07, 6.45) is 6.71. The van der Waals surface area contributed by atoms with E-state index in [2.05, 4.69) is 4.98 Å². The van der Waals surface area contributed by atoms with Crippen molar-refractivity contribution in [2.75, 3.05) is 7.11 Å². The molecule has 0 atom stereocenters. The van der Waals surface area contributed by atoms with Gasteiger partial charge in [-0.25, -0.2) is 4.98 Å². The molecule has 4 rings (SSSR count). The average Bonchev–Trinajstić information content (AvgIpc) is 3.22. The molecule has 1 aliphatic heterocycles. The summed E-state index contributed by atoms with van der Waals surface area (Å²) >= 11 is 0. The third-order valence-corrected chi connectivity index (χ3v) is 5.51. The average molecular weight is 354 g/mol. The number of aromatic nitrogens is 1. The Kier molecular flexibility index (Phi) is 4.26. The number of nitrogens with zero attached hydrogens (tertiary/aromatic N) is 2. The Morgan fingerprint density at radius 2 is 1.88 bits per heavy atom. The van der Waals surface area contributed by atoms with Crippen LogP contribution in [0.15, 0.2) is 34.9 Å². The van der Waals surface area contributed by atoms with Crippen molar-refractivity contribution in [3.05, 3.63) is 36.2 Å². The van der Waals surface area contributed by atoms with E-state index in [-0.39, 0.29) is 18.4 Å². The van der Waals surface area contributed by atoms with E-state index in [1.165, 1.54) is 11.2 Å². The molecule has 1 saturated heterocycles. The Morgan fingerprint density at radius 1 is 1.15 bits per heavy atom. The first-order valence-electron chi connectivity index (χ1n) is 9.05. The summed E-state index contributed by atoms with van der Waals surface area (Å²) in [4.78, 5) is 31.1. The zero-order chi connectivity index (χ0) is 18.1. The lowest BCUT2D eigenvalue weighted by molar-refractivity contribution is -0.143. The third kappa shape index (κ3) is 2.89. The number of methoxy groups -OCH3 is 1. The molecule has 0 bridgehead atoms. The van der Waals surface area contributed by atoms with Gasteiger partial charge in [0.2, 0.25) is 17.7 Å². The molecule has 2 amide bonds. The molecule has 6 nitrogen and oxygen atoms in total. The normalized spacial score (nSPS) is 19.3. The number of amides is 2. The van der Waals surface area contributed by atoms with Gasteiger partial charge in [-0.3, -0.25) is 14.5 Å². The fourth-order valence-corrected chi connectivity index (χ4v) is 4.05. The van der Waals surface area contributed by atoms with E-state index in [1.807, 2.05) is 24.3 Å². The number of ether oxygens (including phenoxy) is 1. The van der Waals surface area contributed by atoms with Crippen molar-refractivity contribution in [3.63, 3.8) is 0 Å². The second kappa shape index (κ2) is 6.59. The summed E-state index contributed by atoms with van der Waals surface area (Å²) in [6.45, 7) is 0.180. The number of hydrogen-bond acceptors (Lipinski definition) is 5. The Bertz CT molecular complexity index is 819. The monoisotopic (exact) mass is 354 g/mol. The van der Waals surface area contributed by atoms with Crippen molar-refractivity contribution in [1.82, 2.24) is 9.88 Å². The quantitative estimate of drug-likeness (QED) is 0.785. The van der Waals surface area contributed by atoms with Crippen LogP contribution in [-0.2, 0) is 16.1 Å². The lowest BCUT2D eigenvalue weighted by Gasteiger charge is -2.30. The van der Waals surface area contributed by atoms with Crippen molar-refractivity contribution in [1.29, 1.82) is 0 Å². The summed E-state index contributed by atoms with van der Waals surface area (Å²) in [6, 6.07) is 7.38. The third-order valence-electron chi connectivity index (χ3n) is 5.51. The molecule has 2 fully saturated rings. The summed E-state index contributed by atoms with van der Waals surface area (Å²) < 4.78 is 10.7. The van der Waals surface area contributed by atoms with Crippen molar-refractivity contribution in [3.8, 4) is 17.2 Å². The molecule has 1 saturated carbocycles. The van der Waals surface area contributed by atoms with Crippen molar-refractivity contribution in [2.24, 2.45) is 5.41 Å². The molecule has 2 aromatic rings. The second-order valence-electron chi connectivity index (χ2n) is 7.18. The molecular weight excluding hydrogens is 332 g/mol. The van der Waals surface area contributed by atoms with Gasteiger partial charge in [-0.2, -0.15) is 0 Å². The van der Waals surface area contributed by atoms with Crippen LogP contribution in [0.1, 0.15) is 44.2 Å². The van der Waals surface area contributed by atoms with Crippen molar-refractivity contribution in [2.45, 2.75) is 45.1 Å². The first kappa shape index (κ1) is 16.8. The van der Waals surface area contributed by atoms with Gasteiger partial charge in [0.15, 0.2) is 0 Å². The topological polar surface area (TPSA) is 72.6 Å². The molecule has 1 aromatic heterocycles. The van der Waals surface area contributed by atoms with Gasteiger partial charge in [-0.05, 0) is 37.1 Å². The predicted molar refractivity (Wildman–Crippen MR) is 94.2 cm³/mol. The molecule has 0 N–H and O–H groups in total. The van der Waals surface area contributed by atoms with Gasteiger partial charge < -0.3 is 9.15 Å². The van der Waals surface area contributed by atoms with Crippen molar-refractivity contribution < 1.29 is 18.7 Å². The van der Waals surface area contributed by atoms with Crippen LogP contribution in [0.5, 0.6) is 5.75 Å². The minimum absolute atomic E-state index is 0.0313. The van der Waals surface area contributed by atoms with Gasteiger partial charge in [0.05, 0.1) is 24.8 Å². The van der Waals surface area contributed by atoms with E-state index in [4.69, 9.17) is 9.15 Å². The molecule has 2 heterocycles. The Morgan fingerprint density at radius 3 is 2.58 bits per heavy atom. The van der Waals surface area contributed by atoms with Crippen LogP contribution >= 0.6 is 0 Å². The fraction of sp³-hybridized carbons (Fsp3) is 0.450. The van der Waals surface area contributed by atoms with Gasteiger partial charge in [-0.1, -0.05) is 19.3 Å². The zero-order valence-electron chi connectivity index (χ0n) is 14.9. The summed E-state index contributed by atoms with van der Waals surface area (Å²) in [5.74, 6) is 1.10. The Hall–Kier alpha value is -2.63. The highest BCUT2D eigenvalue weighted by Crippen LogP contribution is 2.45. The van der Waals surface area contributed by atoms with Crippen LogP contribution < -0.4 is 4.74 Å². The van der Waals surface area contributed by atoms with Crippen LogP contribution in [0, 0.1) is 5.41 Å². The standard InChI is InChI=1S/C20H22N2O4/c1-25-16-7-5-14(6-8-16)18-21-15(13-26-18)12-22-17(23)11-20(19(22)24)9-3-2-4-10-20/h5-8,13H,2-4,9-12H2,1H3. The van der Waals surface area contributed by atoms with Crippen LogP contribution in [-0.4, -0.2) is 28.8 Å². The minimum Gasteiger partial charge on any atom is -0.497 e. The Balaban J connectivity index is 1.50. The maximum Gasteiger partial charge on any atom is 0.236 e. The maximum absolute atomic E-state index is 12.9. The van der Waals surface area contributed by atoms with Crippen molar-refractivity contribution >= 4 is 11.8 Å². The first-order valence-corrected chi connectivity index (χ1v) is 9.05. The molecule has 26 heavy (non-hydrogen) atoms. The van der Waals surface area contributed by atoms with Gasteiger partial charge in [0.25, 0.3) is 0 Å². The second-order valence-corrected chi connectivity index (χ2v) is 7.18. The predicted octanol–water partition coefficient (Wildman–Crippen LogP) is 3.56. The molecule has 1 aliphatic carbocycles. The number of carbonyl (C=O) groups excluding carboxylic acids is 2. The largest absolute Gasteiger partial charge is 0.497 e. The highest BCUT2D eigenvalue weighted by atomic mass is 16.5. The summed E-state index contributed by atoms with van der Waals surface area (Å²) in [7, 11) is 1.61. The number of carbonyl (C=O) groups is 2. The van der Waals surface area contributed by atoms with E-state index in [0.29, 0.717) is 18.0 Å². The van der Waals surface area contributed by atoms with Gasteiger partial charge >= 0.3 is 0 Å². The highest BCUT2D eigenvalue weighted by Gasteiger charge is 2.51. The van der Waals surface area contributed by atoms with E-state index in [1.54, 1.807) is 7.11 Å². The van der Waals surface area contributed by atoms with Gasteiger partial charge in [0, 0.05) is 12.0 Å². The van der Waals surface area contributed by atoms with Crippen LogP contribution in [0.3, 0.4) is 0 Å². The van der Waals surface area contributed by atoms with Crippen LogP contribution in [0.25, 0.3) is 11.5 Å². The first-order chi connectivity index (χ1) is 12.6. The number of likely N-dealkylation sites (tertiary alicyclic amines) is 1. The number of oxazole rings is 1. The smallest absolute Gasteiger partial charge is 0.236 e. The summed E-state index contributed by atoms with van der Waals surface area (Å²) in [5.41, 5.74) is 0.947. The van der Waals surface area contributed by atoms with Crippen LogP contribution in [0.4, 0.5) is 0 Å². The summed E-state index contributed by atoms with van der Waals surface area (Å²) in [5, 5.41) is 0. The minimum atomic E-state index is -0.460. The highest BCUT2D eigenvalue weighted by molar-refractivity contribution is 6.05. The molecule has 1 aromatic carbocycles. The fourth-order valence-electron chi connectivity index (χ4n) is 4.05. The van der Waals surface area contributed by atoms with E-state index < -0.39 is 5.41 Å². The number of rotatable bonds is 4. The van der Waals surface area contributed by atoms with Gasteiger partial charge in [-0.15, -0.1) is 0 Å². The number of hydrogen-bond donors (Lipinski definition) is 0. The molecule has 0 unspecified atom stereocenters. The number of benzene rings is 1. The van der Waals surface area contributed by atoms with E-state index in [9.17, 15) is 9.59 Å². The molecule has 136 valence electrons. The lowest BCUT2D eigenvalue weighted by atomic mass is 9.73. The molecule has 0 radical (unpaired) electrons. The molecule has 2 aliphatic rings. The lowest BCUT2D eigenvalue weighted by Crippen LogP contribution is -2.36. The molecular formula is C20H22N2O4. The molecule has 1 spiro atoms. The Labute approximate surface area is 152 Å². The van der Waals surface area contributed by atoms with E-state index in [0.717, 1.165) is 43.4 Å². The van der Waals surface area contributed by atoms with E-state index >= 15 is 0 Å². The SMILES string of the molecule is COc1ccc(-c2nc(CN3C(=O)CC4(CCCCC4)C3=O)co2)cc1. The zero-order valence-corrected chi connectivity index (χ0v) is 14.9. The maximum atomic E-state index is 12.9. The van der Waals surface area contributed by atoms with Gasteiger partial charge in [0.1, 0.15) is 12.0 Å². The number of imide groups is 1.